The molecular weight excluding hydrogens is 377 g/mol. The van der Waals surface area contributed by atoms with Crippen molar-refractivity contribution in [1.82, 2.24) is 14.8 Å². The SMILES string of the molecule is CCN(C(=O)C(C)CSCCC(F)(F)F)c1cn(-c2cccnc2)nc1C. The van der Waals surface area contributed by atoms with Gasteiger partial charge in [-0.3, -0.25) is 9.78 Å². The fourth-order valence-corrected chi connectivity index (χ4v) is 3.61. The summed E-state index contributed by atoms with van der Waals surface area (Å²) >= 11 is 1.15. The summed E-state index contributed by atoms with van der Waals surface area (Å²) in [7, 11) is 0. The number of anilines is 1. The van der Waals surface area contributed by atoms with Gasteiger partial charge < -0.3 is 4.90 Å². The van der Waals surface area contributed by atoms with Crippen LogP contribution in [0.25, 0.3) is 5.69 Å². The third kappa shape index (κ3) is 5.98. The Labute approximate surface area is 161 Å². The van der Waals surface area contributed by atoms with Crippen molar-refractivity contribution in [3.05, 3.63) is 36.4 Å². The largest absolute Gasteiger partial charge is 0.389 e. The van der Waals surface area contributed by atoms with E-state index in [9.17, 15) is 18.0 Å². The molecule has 1 atom stereocenters. The van der Waals surface area contributed by atoms with Crippen molar-refractivity contribution in [1.29, 1.82) is 0 Å². The van der Waals surface area contributed by atoms with Gasteiger partial charge in [-0.05, 0) is 26.0 Å². The molecule has 2 rings (SSSR count). The van der Waals surface area contributed by atoms with E-state index in [1.54, 1.807) is 41.2 Å². The average molecular weight is 400 g/mol. The second-order valence-electron chi connectivity index (χ2n) is 6.18. The summed E-state index contributed by atoms with van der Waals surface area (Å²) in [5.74, 6) is -0.193. The summed E-state index contributed by atoms with van der Waals surface area (Å²) < 4.78 is 38.3. The molecule has 0 radical (unpaired) electrons. The topological polar surface area (TPSA) is 51.0 Å². The standard InChI is InChI=1S/C18H23F3N4OS/c1-4-24(17(26)13(2)12-27-9-7-18(19,20)21)16-11-25(23-14(16)3)15-6-5-8-22-10-15/h5-6,8,10-11,13H,4,7,9,12H2,1-3H3. The summed E-state index contributed by atoms with van der Waals surface area (Å²) in [6.07, 6.45) is 0.118. The van der Waals surface area contributed by atoms with E-state index in [0.717, 1.165) is 17.4 Å². The van der Waals surface area contributed by atoms with Crippen LogP contribution in [0.15, 0.2) is 30.7 Å². The van der Waals surface area contributed by atoms with Crippen molar-refractivity contribution in [2.75, 3.05) is 23.0 Å². The van der Waals surface area contributed by atoms with Crippen LogP contribution in [0, 0.1) is 12.8 Å². The number of thioether (sulfide) groups is 1. The molecule has 1 unspecified atom stereocenters. The van der Waals surface area contributed by atoms with E-state index in [1.807, 2.05) is 19.9 Å². The molecule has 2 aromatic rings. The number of amides is 1. The Bertz CT molecular complexity index is 749. The highest BCUT2D eigenvalue weighted by Crippen LogP contribution is 2.25. The van der Waals surface area contributed by atoms with E-state index in [-0.39, 0.29) is 17.6 Å². The van der Waals surface area contributed by atoms with Gasteiger partial charge in [-0.1, -0.05) is 6.92 Å². The van der Waals surface area contributed by atoms with Gasteiger partial charge in [0.15, 0.2) is 0 Å². The van der Waals surface area contributed by atoms with Crippen LogP contribution in [0.3, 0.4) is 0 Å². The molecule has 148 valence electrons. The lowest BCUT2D eigenvalue weighted by Crippen LogP contribution is -2.36. The number of alkyl halides is 3. The maximum Gasteiger partial charge on any atom is 0.389 e. The van der Waals surface area contributed by atoms with Crippen molar-refractivity contribution in [3.63, 3.8) is 0 Å². The van der Waals surface area contributed by atoms with Gasteiger partial charge in [0.1, 0.15) is 0 Å². The highest BCUT2D eigenvalue weighted by atomic mass is 32.2. The van der Waals surface area contributed by atoms with Crippen molar-refractivity contribution in [2.45, 2.75) is 33.4 Å². The smallest absolute Gasteiger partial charge is 0.309 e. The molecule has 0 aromatic carbocycles. The molecule has 0 saturated carbocycles. The predicted octanol–water partition coefficient (Wildman–Crippen LogP) is 4.25. The van der Waals surface area contributed by atoms with Crippen LogP contribution in [0.5, 0.6) is 0 Å². The van der Waals surface area contributed by atoms with E-state index < -0.39 is 12.6 Å². The second-order valence-corrected chi connectivity index (χ2v) is 7.33. The van der Waals surface area contributed by atoms with Gasteiger partial charge in [0.05, 0.1) is 35.9 Å². The minimum Gasteiger partial charge on any atom is -0.309 e. The number of hydrogen-bond donors (Lipinski definition) is 0. The van der Waals surface area contributed by atoms with Crippen LogP contribution in [0.1, 0.15) is 26.0 Å². The number of rotatable bonds is 8. The zero-order chi connectivity index (χ0) is 20.0. The Hall–Kier alpha value is -2.03. The third-order valence-corrected chi connectivity index (χ3v) is 5.20. The Morgan fingerprint density at radius 2 is 2.15 bits per heavy atom. The molecule has 5 nitrogen and oxygen atoms in total. The number of carbonyl (C=O) groups is 1. The Morgan fingerprint density at radius 1 is 1.41 bits per heavy atom. The number of halogens is 3. The summed E-state index contributed by atoms with van der Waals surface area (Å²) in [6.45, 7) is 5.88. The minimum absolute atomic E-state index is 0.0365. The molecule has 0 bridgehead atoms. The van der Waals surface area contributed by atoms with Gasteiger partial charge in [0.2, 0.25) is 5.91 Å². The number of aromatic nitrogens is 3. The van der Waals surface area contributed by atoms with Crippen LogP contribution in [-0.4, -0.2) is 44.9 Å². The first-order valence-electron chi connectivity index (χ1n) is 8.65. The second kappa shape index (κ2) is 9.25. The summed E-state index contributed by atoms with van der Waals surface area (Å²) in [6, 6.07) is 3.66. The van der Waals surface area contributed by atoms with Gasteiger partial charge in [0.25, 0.3) is 0 Å². The summed E-state index contributed by atoms with van der Waals surface area (Å²) in [5.41, 5.74) is 2.18. The molecule has 1 amide bonds. The number of nitrogens with zero attached hydrogens (tertiary/aromatic N) is 4. The first-order chi connectivity index (χ1) is 12.7. The van der Waals surface area contributed by atoms with Crippen molar-refractivity contribution in [2.24, 2.45) is 5.92 Å². The fourth-order valence-electron chi connectivity index (χ4n) is 2.57. The Kier molecular flexibility index (Phi) is 7.29. The van der Waals surface area contributed by atoms with E-state index in [0.29, 0.717) is 23.7 Å². The maximum atomic E-state index is 12.8. The highest BCUT2D eigenvalue weighted by molar-refractivity contribution is 7.99. The molecule has 0 saturated heterocycles. The molecule has 9 heteroatoms. The first-order valence-corrected chi connectivity index (χ1v) is 9.81. The minimum atomic E-state index is -4.16. The van der Waals surface area contributed by atoms with E-state index >= 15 is 0 Å². The zero-order valence-corrected chi connectivity index (χ0v) is 16.3. The molecule has 27 heavy (non-hydrogen) atoms. The van der Waals surface area contributed by atoms with Gasteiger partial charge >= 0.3 is 6.18 Å². The van der Waals surface area contributed by atoms with Gasteiger partial charge in [-0.25, -0.2) is 4.68 Å². The van der Waals surface area contributed by atoms with E-state index in [2.05, 4.69) is 10.1 Å². The molecule has 0 aliphatic heterocycles. The lowest BCUT2D eigenvalue weighted by molar-refractivity contribution is -0.129. The van der Waals surface area contributed by atoms with Crippen LogP contribution in [0.4, 0.5) is 18.9 Å². The number of pyridine rings is 1. The summed E-state index contributed by atoms with van der Waals surface area (Å²) in [5, 5.41) is 4.45. The first kappa shape index (κ1) is 21.3. The van der Waals surface area contributed by atoms with Gasteiger partial charge in [0, 0.05) is 30.2 Å². The molecule has 0 aliphatic carbocycles. The Balaban J connectivity index is 2.05. The molecule has 0 aliphatic rings. The quantitative estimate of drug-likeness (QED) is 0.622. The monoisotopic (exact) mass is 400 g/mol. The van der Waals surface area contributed by atoms with Crippen LogP contribution < -0.4 is 4.90 Å². The third-order valence-electron chi connectivity index (χ3n) is 3.98. The lowest BCUT2D eigenvalue weighted by atomic mass is 10.1. The van der Waals surface area contributed by atoms with Gasteiger partial charge in [-0.15, -0.1) is 0 Å². The molecule has 0 N–H and O–H groups in total. The number of carbonyl (C=O) groups excluding carboxylic acids is 1. The maximum absolute atomic E-state index is 12.8. The molecular formula is C18H23F3N4OS. The highest BCUT2D eigenvalue weighted by Gasteiger charge is 2.27. The van der Waals surface area contributed by atoms with Crippen LogP contribution in [-0.2, 0) is 4.79 Å². The van der Waals surface area contributed by atoms with Gasteiger partial charge in [-0.2, -0.15) is 30.0 Å². The number of aryl methyl sites for hydroxylation is 1. The van der Waals surface area contributed by atoms with Crippen molar-refractivity contribution < 1.29 is 18.0 Å². The molecule has 0 spiro atoms. The van der Waals surface area contributed by atoms with E-state index in [1.165, 1.54) is 0 Å². The zero-order valence-electron chi connectivity index (χ0n) is 15.5. The molecule has 2 heterocycles. The Morgan fingerprint density at radius 3 is 2.74 bits per heavy atom. The molecule has 0 fully saturated rings. The van der Waals surface area contributed by atoms with E-state index in [4.69, 9.17) is 0 Å². The van der Waals surface area contributed by atoms with Crippen LogP contribution >= 0.6 is 11.8 Å². The van der Waals surface area contributed by atoms with Crippen molar-refractivity contribution >= 4 is 23.4 Å². The average Bonchev–Trinajstić information content (AvgIpc) is 3.01. The predicted molar refractivity (Wildman–Crippen MR) is 101 cm³/mol. The lowest BCUT2D eigenvalue weighted by Gasteiger charge is -2.23. The fraction of sp³-hybridized carbons (Fsp3) is 0.500. The normalized spacial score (nSPS) is 12.8. The summed E-state index contributed by atoms with van der Waals surface area (Å²) in [4.78, 5) is 18.5. The van der Waals surface area contributed by atoms with Crippen molar-refractivity contribution in [3.8, 4) is 5.69 Å². The number of hydrogen-bond acceptors (Lipinski definition) is 4. The van der Waals surface area contributed by atoms with Crippen LogP contribution in [0.2, 0.25) is 0 Å². The molecule has 2 aromatic heterocycles.